The van der Waals surface area contributed by atoms with Crippen LogP contribution < -0.4 is 0 Å². The first kappa shape index (κ1) is 22.8. The zero-order chi connectivity index (χ0) is 21.7. The summed E-state index contributed by atoms with van der Waals surface area (Å²) in [6.07, 6.45) is 15.8. The Hall–Kier alpha value is -0.330. The third kappa shape index (κ3) is 3.73. The van der Waals surface area contributed by atoms with E-state index in [4.69, 9.17) is 0 Å². The highest BCUT2D eigenvalue weighted by Gasteiger charge is 2.60. The molecule has 30 heavy (non-hydrogen) atoms. The summed E-state index contributed by atoms with van der Waals surface area (Å²) in [6.45, 7) is 15.1. The Bertz CT molecular complexity index is 622. The second-order valence-corrected chi connectivity index (χ2v) is 13.1. The predicted molar refractivity (Wildman–Crippen MR) is 127 cm³/mol. The molecule has 9 atom stereocenters. The van der Waals surface area contributed by atoms with Crippen LogP contribution in [0.3, 0.4) is 0 Å². The molecular formula is C29H50O. The molecule has 4 rings (SSSR count). The fourth-order valence-electron chi connectivity index (χ4n) is 9.71. The number of carbonyl (C=O) groups is 1. The SMILES string of the molecule is CCC(CC[C@@H](C)[C@H]1CC[C@H]2[C@@H]3CCC4CC(=O)CC[C@]4(C)[C@H]3CC[C@]12C)C(C)C. The Balaban J connectivity index is 1.45. The van der Waals surface area contributed by atoms with Gasteiger partial charge < -0.3 is 0 Å². The molecular weight excluding hydrogens is 364 g/mol. The first-order chi connectivity index (χ1) is 14.2. The van der Waals surface area contributed by atoms with Crippen molar-refractivity contribution in [3.8, 4) is 0 Å². The van der Waals surface area contributed by atoms with Crippen LogP contribution in [0.15, 0.2) is 0 Å². The van der Waals surface area contributed by atoms with Gasteiger partial charge in [-0.05, 0) is 110 Å². The van der Waals surface area contributed by atoms with E-state index < -0.39 is 0 Å². The molecule has 4 saturated carbocycles. The molecule has 0 bridgehead atoms. The van der Waals surface area contributed by atoms with Crippen molar-refractivity contribution >= 4 is 5.78 Å². The molecule has 0 spiro atoms. The summed E-state index contributed by atoms with van der Waals surface area (Å²) in [6, 6.07) is 0. The lowest BCUT2D eigenvalue weighted by Crippen LogP contribution is -2.53. The van der Waals surface area contributed by atoms with Gasteiger partial charge in [0.25, 0.3) is 0 Å². The fourth-order valence-corrected chi connectivity index (χ4v) is 9.71. The molecule has 0 aliphatic heterocycles. The first-order valence-electron chi connectivity index (χ1n) is 13.7. The number of ketones is 1. The summed E-state index contributed by atoms with van der Waals surface area (Å²) < 4.78 is 0. The lowest BCUT2D eigenvalue weighted by Gasteiger charge is -2.60. The predicted octanol–water partition coefficient (Wildman–Crippen LogP) is 8.31. The van der Waals surface area contributed by atoms with Gasteiger partial charge in [0, 0.05) is 12.8 Å². The van der Waals surface area contributed by atoms with Crippen LogP contribution in [0.1, 0.15) is 119 Å². The van der Waals surface area contributed by atoms with Crippen LogP contribution in [-0.2, 0) is 4.79 Å². The van der Waals surface area contributed by atoms with E-state index in [0.29, 0.717) is 22.5 Å². The Morgan fingerprint density at radius 2 is 1.63 bits per heavy atom. The Labute approximate surface area is 187 Å². The molecule has 0 aromatic carbocycles. The summed E-state index contributed by atoms with van der Waals surface area (Å²) in [7, 11) is 0. The van der Waals surface area contributed by atoms with Crippen molar-refractivity contribution in [2.45, 2.75) is 119 Å². The molecule has 0 amide bonds. The minimum Gasteiger partial charge on any atom is -0.300 e. The Morgan fingerprint density at radius 3 is 2.33 bits per heavy atom. The maximum Gasteiger partial charge on any atom is 0.133 e. The lowest BCUT2D eigenvalue weighted by atomic mass is 9.44. The molecule has 2 unspecified atom stereocenters. The van der Waals surface area contributed by atoms with Crippen molar-refractivity contribution in [3.05, 3.63) is 0 Å². The molecule has 0 heterocycles. The van der Waals surface area contributed by atoms with Crippen molar-refractivity contribution in [2.75, 3.05) is 0 Å². The smallest absolute Gasteiger partial charge is 0.133 e. The van der Waals surface area contributed by atoms with Gasteiger partial charge in [-0.3, -0.25) is 4.79 Å². The van der Waals surface area contributed by atoms with Crippen molar-refractivity contribution in [1.82, 2.24) is 0 Å². The van der Waals surface area contributed by atoms with Crippen molar-refractivity contribution in [2.24, 2.45) is 58.2 Å². The van der Waals surface area contributed by atoms with Crippen molar-refractivity contribution in [1.29, 1.82) is 0 Å². The summed E-state index contributed by atoms with van der Waals surface area (Å²) in [4.78, 5) is 12.1. The van der Waals surface area contributed by atoms with E-state index in [1.54, 1.807) is 0 Å². The number of hydrogen-bond donors (Lipinski definition) is 0. The van der Waals surface area contributed by atoms with E-state index in [-0.39, 0.29) is 0 Å². The summed E-state index contributed by atoms with van der Waals surface area (Å²) in [5.41, 5.74) is 1.06. The number of rotatable bonds is 6. The van der Waals surface area contributed by atoms with Crippen LogP contribution in [0.4, 0.5) is 0 Å². The zero-order valence-electron chi connectivity index (χ0n) is 21.0. The summed E-state index contributed by atoms with van der Waals surface area (Å²) in [5, 5.41) is 0. The second-order valence-electron chi connectivity index (χ2n) is 13.1. The van der Waals surface area contributed by atoms with Gasteiger partial charge in [-0.1, -0.05) is 54.4 Å². The highest BCUT2D eigenvalue weighted by atomic mass is 16.1. The maximum atomic E-state index is 12.1. The first-order valence-corrected chi connectivity index (χ1v) is 13.7. The van der Waals surface area contributed by atoms with Crippen molar-refractivity contribution < 1.29 is 4.79 Å². The van der Waals surface area contributed by atoms with E-state index in [9.17, 15) is 4.79 Å². The Morgan fingerprint density at radius 1 is 0.900 bits per heavy atom. The maximum absolute atomic E-state index is 12.1. The van der Waals surface area contributed by atoms with Crippen LogP contribution in [0, 0.1) is 58.2 Å². The quantitative estimate of drug-likeness (QED) is 0.427. The molecule has 0 aromatic rings. The fraction of sp³-hybridized carbons (Fsp3) is 0.966. The topological polar surface area (TPSA) is 17.1 Å². The van der Waals surface area contributed by atoms with Gasteiger partial charge in [-0.15, -0.1) is 0 Å². The second kappa shape index (κ2) is 8.55. The van der Waals surface area contributed by atoms with E-state index in [1.807, 2.05) is 0 Å². The molecule has 0 N–H and O–H groups in total. The standard InChI is InChI=1S/C29H50O/c1-7-21(19(2)3)9-8-20(4)25-12-13-26-24-11-10-22-18-23(30)14-16-28(22,5)27(24)15-17-29(25,26)6/h19-22,24-27H,7-18H2,1-6H3/t20-,21?,22?,24+,25-,26+,27+,28+,29-/m1/s1. The van der Waals surface area contributed by atoms with Gasteiger partial charge >= 0.3 is 0 Å². The molecule has 0 aromatic heterocycles. The number of Topliss-reactive ketones (excluding diaryl/α,β-unsaturated/α-hetero) is 1. The highest BCUT2D eigenvalue weighted by molar-refractivity contribution is 5.79. The zero-order valence-corrected chi connectivity index (χ0v) is 21.0. The number of carbonyl (C=O) groups excluding carboxylic acids is 1. The average molecular weight is 415 g/mol. The number of hydrogen-bond acceptors (Lipinski definition) is 1. The normalized spacial score (nSPS) is 45.6. The van der Waals surface area contributed by atoms with Gasteiger partial charge in [-0.25, -0.2) is 0 Å². The molecule has 0 saturated heterocycles. The molecule has 0 radical (unpaired) electrons. The van der Waals surface area contributed by atoms with E-state index in [2.05, 4.69) is 41.5 Å². The van der Waals surface area contributed by atoms with Gasteiger partial charge in [-0.2, -0.15) is 0 Å². The summed E-state index contributed by atoms with van der Waals surface area (Å²) >= 11 is 0. The molecule has 1 nitrogen and oxygen atoms in total. The van der Waals surface area contributed by atoms with Gasteiger partial charge in [0.05, 0.1) is 0 Å². The highest BCUT2D eigenvalue weighted by Crippen LogP contribution is 2.68. The monoisotopic (exact) mass is 414 g/mol. The minimum absolute atomic E-state index is 0.466. The van der Waals surface area contributed by atoms with Gasteiger partial charge in [0.15, 0.2) is 0 Å². The third-order valence-corrected chi connectivity index (χ3v) is 11.7. The van der Waals surface area contributed by atoms with Crippen LogP contribution >= 0.6 is 0 Å². The number of fused-ring (bicyclic) bond motifs is 5. The van der Waals surface area contributed by atoms with Crippen LogP contribution in [0.25, 0.3) is 0 Å². The molecule has 4 aliphatic rings. The van der Waals surface area contributed by atoms with Gasteiger partial charge in [0.2, 0.25) is 0 Å². The Kier molecular flexibility index (Phi) is 6.51. The van der Waals surface area contributed by atoms with Crippen LogP contribution in [0.5, 0.6) is 0 Å². The molecule has 172 valence electrons. The van der Waals surface area contributed by atoms with E-state index >= 15 is 0 Å². The van der Waals surface area contributed by atoms with Crippen molar-refractivity contribution in [3.63, 3.8) is 0 Å². The van der Waals surface area contributed by atoms with Crippen LogP contribution in [-0.4, -0.2) is 5.78 Å². The molecule has 4 aliphatic carbocycles. The molecule has 1 heteroatoms. The molecule has 4 fully saturated rings. The minimum atomic E-state index is 0.466. The van der Waals surface area contributed by atoms with E-state index in [1.165, 1.54) is 64.2 Å². The third-order valence-electron chi connectivity index (χ3n) is 11.7. The van der Waals surface area contributed by atoms with Crippen LogP contribution in [0.2, 0.25) is 0 Å². The van der Waals surface area contributed by atoms with E-state index in [0.717, 1.165) is 54.3 Å². The largest absolute Gasteiger partial charge is 0.300 e. The summed E-state index contributed by atoms with van der Waals surface area (Å²) in [5.74, 6) is 7.67. The average Bonchev–Trinajstić information content (AvgIpc) is 3.06. The lowest BCUT2D eigenvalue weighted by molar-refractivity contribution is -0.140. The van der Waals surface area contributed by atoms with Gasteiger partial charge in [0.1, 0.15) is 5.78 Å².